The number of halogens is 3. The van der Waals surface area contributed by atoms with E-state index in [1.165, 1.54) is 0 Å². The molecule has 3 aromatic rings. The molecule has 1 aromatic heterocycles. The van der Waals surface area contributed by atoms with Crippen molar-refractivity contribution in [1.29, 1.82) is 0 Å². The molecule has 9 nitrogen and oxygen atoms in total. The number of nitrogens with one attached hydrogen (secondary N) is 1. The molecule has 2 amide bonds. The molecular formula is C23H22F3N5O4. The molecule has 35 heavy (non-hydrogen) atoms. The number of piperidine rings is 1. The Balaban J connectivity index is 1.31. The third kappa shape index (κ3) is 5.60. The van der Waals surface area contributed by atoms with Crippen molar-refractivity contribution in [3.63, 3.8) is 0 Å². The van der Waals surface area contributed by atoms with Crippen LogP contribution in [-0.4, -0.2) is 58.4 Å². The highest BCUT2D eigenvalue weighted by atomic mass is 19.4. The predicted molar refractivity (Wildman–Crippen MR) is 118 cm³/mol. The van der Waals surface area contributed by atoms with E-state index in [-0.39, 0.29) is 24.9 Å². The number of hydrogen-bond donors (Lipinski definition) is 2. The monoisotopic (exact) mass is 489 g/mol. The highest BCUT2D eigenvalue weighted by Gasteiger charge is 2.43. The SMILES string of the molecule is NC(=O)c1cccc2cn(-c3ccc(C(=O)NCC4CCN(OC(=O)C(F)(F)F)CC4)cc3)nc12. The lowest BCUT2D eigenvalue weighted by Gasteiger charge is -2.30. The minimum Gasteiger partial charge on any atom is -0.366 e. The molecule has 2 aromatic carbocycles. The van der Waals surface area contributed by atoms with E-state index in [0.717, 1.165) is 10.4 Å². The average Bonchev–Trinajstić information content (AvgIpc) is 3.27. The third-order valence-electron chi connectivity index (χ3n) is 5.76. The lowest BCUT2D eigenvalue weighted by molar-refractivity contribution is -0.242. The summed E-state index contributed by atoms with van der Waals surface area (Å²) in [4.78, 5) is 39.4. The highest BCUT2D eigenvalue weighted by molar-refractivity contribution is 6.04. The van der Waals surface area contributed by atoms with Gasteiger partial charge in [0.2, 0.25) is 0 Å². The number of aromatic nitrogens is 2. The van der Waals surface area contributed by atoms with E-state index in [4.69, 9.17) is 5.73 Å². The fourth-order valence-corrected chi connectivity index (χ4v) is 3.85. The maximum atomic E-state index is 12.5. The first-order valence-electron chi connectivity index (χ1n) is 10.8. The Kier molecular flexibility index (Phi) is 6.74. The fourth-order valence-electron chi connectivity index (χ4n) is 3.85. The van der Waals surface area contributed by atoms with Gasteiger partial charge in [-0.1, -0.05) is 12.1 Å². The second kappa shape index (κ2) is 9.74. The molecular weight excluding hydrogens is 467 g/mol. The summed E-state index contributed by atoms with van der Waals surface area (Å²) in [5, 5.41) is 9.01. The lowest BCUT2D eigenvalue weighted by Crippen LogP contribution is -2.42. The number of rotatable bonds is 6. The van der Waals surface area contributed by atoms with Crippen LogP contribution in [0.2, 0.25) is 0 Å². The Bertz CT molecular complexity index is 1250. The molecule has 0 unspecified atom stereocenters. The molecule has 1 aliphatic heterocycles. The van der Waals surface area contributed by atoms with Crippen molar-refractivity contribution in [2.45, 2.75) is 19.0 Å². The normalized spacial score (nSPS) is 15.2. The molecule has 12 heteroatoms. The van der Waals surface area contributed by atoms with Crippen molar-refractivity contribution in [2.24, 2.45) is 11.7 Å². The maximum Gasteiger partial charge on any atom is 0.492 e. The number of nitrogens with zero attached hydrogens (tertiary/aromatic N) is 3. The number of hydrogen-bond acceptors (Lipinski definition) is 6. The van der Waals surface area contributed by atoms with Gasteiger partial charge in [-0.05, 0) is 49.1 Å². The van der Waals surface area contributed by atoms with Gasteiger partial charge in [-0.15, -0.1) is 5.06 Å². The number of benzene rings is 2. The quantitative estimate of drug-likeness (QED) is 0.549. The third-order valence-corrected chi connectivity index (χ3v) is 5.76. The zero-order valence-corrected chi connectivity index (χ0v) is 18.4. The van der Waals surface area contributed by atoms with Gasteiger partial charge in [0.1, 0.15) is 5.52 Å². The van der Waals surface area contributed by atoms with Crippen LogP contribution in [-0.2, 0) is 9.63 Å². The lowest BCUT2D eigenvalue weighted by atomic mass is 9.98. The van der Waals surface area contributed by atoms with E-state index in [2.05, 4.69) is 15.3 Å². The standard InChI is InChI=1S/C23H22F3N5O4/c24-23(25,26)22(34)35-30-10-8-14(9-11-30)12-28-21(33)15-4-6-17(7-5-15)31-13-16-2-1-3-18(20(27)32)19(16)29-31/h1-7,13-14H,8-12H2,(H2,27,32)(H,28,33). The minimum atomic E-state index is -5.03. The van der Waals surface area contributed by atoms with Gasteiger partial charge in [-0.2, -0.15) is 18.3 Å². The maximum absolute atomic E-state index is 12.5. The molecule has 0 bridgehead atoms. The van der Waals surface area contributed by atoms with Gasteiger partial charge < -0.3 is 15.9 Å². The summed E-state index contributed by atoms with van der Waals surface area (Å²) in [7, 11) is 0. The summed E-state index contributed by atoms with van der Waals surface area (Å²) in [5.74, 6) is -3.04. The number of hydroxylamine groups is 2. The summed E-state index contributed by atoms with van der Waals surface area (Å²) in [6, 6.07) is 11.9. The first-order valence-corrected chi connectivity index (χ1v) is 10.8. The second-order valence-electron chi connectivity index (χ2n) is 8.19. The number of amides is 2. The van der Waals surface area contributed by atoms with Gasteiger partial charge in [-0.3, -0.25) is 9.59 Å². The first kappa shape index (κ1) is 24.2. The van der Waals surface area contributed by atoms with Crippen LogP contribution in [0.5, 0.6) is 0 Å². The molecule has 2 heterocycles. The number of nitrogens with two attached hydrogens (primary N) is 1. The van der Waals surface area contributed by atoms with Gasteiger partial charge in [0, 0.05) is 36.8 Å². The van der Waals surface area contributed by atoms with E-state index >= 15 is 0 Å². The van der Waals surface area contributed by atoms with Gasteiger partial charge in [0.15, 0.2) is 0 Å². The number of carbonyl (C=O) groups excluding carboxylic acids is 3. The topological polar surface area (TPSA) is 120 Å². The largest absolute Gasteiger partial charge is 0.492 e. The molecule has 1 aliphatic rings. The van der Waals surface area contributed by atoms with Gasteiger partial charge in [0.25, 0.3) is 11.8 Å². The molecule has 0 radical (unpaired) electrons. The van der Waals surface area contributed by atoms with Crippen LogP contribution in [0, 0.1) is 5.92 Å². The van der Waals surface area contributed by atoms with Crippen LogP contribution >= 0.6 is 0 Å². The van der Waals surface area contributed by atoms with Crippen molar-refractivity contribution in [3.8, 4) is 5.69 Å². The average molecular weight is 489 g/mol. The molecule has 184 valence electrons. The summed E-state index contributed by atoms with van der Waals surface area (Å²) >= 11 is 0. The van der Waals surface area contributed by atoms with E-state index in [9.17, 15) is 27.6 Å². The minimum absolute atomic E-state index is 0.0509. The zero-order valence-electron chi connectivity index (χ0n) is 18.4. The molecule has 0 atom stereocenters. The fraction of sp³-hybridized carbons (Fsp3) is 0.304. The van der Waals surface area contributed by atoms with Crippen molar-refractivity contribution < 1.29 is 32.4 Å². The van der Waals surface area contributed by atoms with Crippen molar-refractivity contribution in [3.05, 3.63) is 59.8 Å². The zero-order chi connectivity index (χ0) is 25.2. The molecule has 0 spiro atoms. The van der Waals surface area contributed by atoms with Crippen LogP contribution in [0.1, 0.15) is 33.6 Å². The number of alkyl halides is 3. The Morgan fingerprint density at radius 1 is 1.09 bits per heavy atom. The predicted octanol–water partition coefficient (Wildman–Crippen LogP) is 2.59. The Labute approximate surface area is 197 Å². The van der Waals surface area contributed by atoms with Crippen LogP contribution in [0.3, 0.4) is 0 Å². The molecule has 1 saturated heterocycles. The number of fused-ring (bicyclic) bond motifs is 1. The number of carbonyl (C=O) groups is 3. The molecule has 0 saturated carbocycles. The van der Waals surface area contributed by atoms with Crippen LogP contribution in [0.4, 0.5) is 13.2 Å². The Hall–Kier alpha value is -3.93. The summed E-state index contributed by atoms with van der Waals surface area (Å²) < 4.78 is 38.5. The Morgan fingerprint density at radius 2 is 1.77 bits per heavy atom. The van der Waals surface area contributed by atoms with Crippen molar-refractivity contribution in [1.82, 2.24) is 20.2 Å². The van der Waals surface area contributed by atoms with Crippen LogP contribution in [0.15, 0.2) is 48.7 Å². The molecule has 4 rings (SSSR count). The summed E-state index contributed by atoms with van der Waals surface area (Å²) in [6.07, 6.45) is -2.32. The van der Waals surface area contributed by atoms with Gasteiger partial charge >= 0.3 is 12.1 Å². The summed E-state index contributed by atoms with van der Waals surface area (Å²) in [6.45, 7) is 0.668. The van der Waals surface area contributed by atoms with Crippen molar-refractivity contribution >= 4 is 28.7 Å². The summed E-state index contributed by atoms with van der Waals surface area (Å²) in [5.41, 5.74) is 7.34. The van der Waals surface area contributed by atoms with Gasteiger partial charge in [0.05, 0.1) is 11.3 Å². The van der Waals surface area contributed by atoms with E-state index < -0.39 is 18.1 Å². The highest BCUT2D eigenvalue weighted by Crippen LogP contribution is 2.22. The van der Waals surface area contributed by atoms with Gasteiger partial charge in [-0.25, -0.2) is 9.48 Å². The van der Waals surface area contributed by atoms with Crippen LogP contribution < -0.4 is 11.1 Å². The van der Waals surface area contributed by atoms with E-state index in [0.29, 0.717) is 41.7 Å². The number of primary amides is 1. The van der Waals surface area contributed by atoms with Crippen LogP contribution in [0.25, 0.3) is 16.6 Å². The molecule has 3 N–H and O–H groups in total. The van der Waals surface area contributed by atoms with E-state index in [1.807, 2.05) is 6.07 Å². The molecule has 1 fully saturated rings. The smallest absolute Gasteiger partial charge is 0.366 e. The Morgan fingerprint density at radius 3 is 2.40 bits per heavy atom. The molecule has 0 aliphatic carbocycles. The van der Waals surface area contributed by atoms with E-state index in [1.54, 1.807) is 47.3 Å². The first-order chi connectivity index (χ1) is 16.6. The second-order valence-corrected chi connectivity index (χ2v) is 8.19. The van der Waals surface area contributed by atoms with Crippen molar-refractivity contribution in [2.75, 3.05) is 19.6 Å².